The summed E-state index contributed by atoms with van der Waals surface area (Å²) in [6, 6.07) is 0. The first-order valence-corrected chi connectivity index (χ1v) is 7.87. The van der Waals surface area contributed by atoms with E-state index in [9.17, 15) is 4.79 Å². The van der Waals surface area contributed by atoms with Crippen LogP contribution in [0.3, 0.4) is 0 Å². The van der Waals surface area contributed by atoms with E-state index in [-0.39, 0.29) is 0 Å². The predicted octanol–water partition coefficient (Wildman–Crippen LogP) is 5.26. The second-order valence-electron chi connectivity index (χ2n) is 5.47. The standard InChI is InChI=1S/C16H32O2/c1-4-7-8-9-10-11-14(5-2)15(6-3)12-13-16(17)18/h14-15H,4-13H2,1-3H3,(H,17,18). The van der Waals surface area contributed by atoms with Crippen molar-refractivity contribution < 1.29 is 9.90 Å². The van der Waals surface area contributed by atoms with E-state index in [4.69, 9.17) is 5.11 Å². The van der Waals surface area contributed by atoms with Gasteiger partial charge in [0.05, 0.1) is 0 Å². The largest absolute Gasteiger partial charge is 0.481 e. The summed E-state index contributed by atoms with van der Waals surface area (Å²) in [6.45, 7) is 6.69. The Morgan fingerprint density at radius 1 is 0.889 bits per heavy atom. The van der Waals surface area contributed by atoms with Crippen molar-refractivity contribution in [3.8, 4) is 0 Å². The van der Waals surface area contributed by atoms with Crippen LogP contribution in [0.25, 0.3) is 0 Å². The Labute approximate surface area is 113 Å². The molecule has 0 amide bonds. The van der Waals surface area contributed by atoms with E-state index < -0.39 is 5.97 Å². The molecule has 2 atom stereocenters. The molecule has 2 nitrogen and oxygen atoms in total. The molecule has 0 aliphatic heterocycles. The molecule has 0 spiro atoms. The molecule has 2 unspecified atom stereocenters. The smallest absolute Gasteiger partial charge is 0.303 e. The SMILES string of the molecule is CCCCCCCC(CC)C(CC)CCC(=O)O. The molecule has 2 heteroatoms. The van der Waals surface area contributed by atoms with Gasteiger partial charge in [0.1, 0.15) is 0 Å². The highest BCUT2D eigenvalue weighted by molar-refractivity contribution is 5.66. The van der Waals surface area contributed by atoms with Crippen molar-refractivity contribution in [1.29, 1.82) is 0 Å². The average molecular weight is 256 g/mol. The zero-order chi connectivity index (χ0) is 13.8. The lowest BCUT2D eigenvalue weighted by Gasteiger charge is -2.24. The van der Waals surface area contributed by atoms with Crippen LogP contribution in [-0.2, 0) is 4.79 Å². The minimum atomic E-state index is -0.647. The number of carboxylic acids is 1. The van der Waals surface area contributed by atoms with E-state index in [2.05, 4.69) is 20.8 Å². The van der Waals surface area contributed by atoms with Crippen LogP contribution < -0.4 is 0 Å². The molecule has 0 saturated heterocycles. The second kappa shape index (κ2) is 11.6. The van der Waals surface area contributed by atoms with Gasteiger partial charge in [0.2, 0.25) is 0 Å². The van der Waals surface area contributed by atoms with Crippen molar-refractivity contribution in [2.75, 3.05) is 0 Å². The van der Waals surface area contributed by atoms with Crippen molar-refractivity contribution in [2.45, 2.75) is 85.0 Å². The minimum absolute atomic E-state index is 0.338. The zero-order valence-corrected chi connectivity index (χ0v) is 12.6. The predicted molar refractivity (Wildman–Crippen MR) is 77.8 cm³/mol. The van der Waals surface area contributed by atoms with E-state index in [1.165, 1.54) is 44.9 Å². The van der Waals surface area contributed by atoms with Gasteiger partial charge in [-0.2, -0.15) is 0 Å². The summed E-state index contributed by atoms with van der Waals surface area (Å²) >= 11 is 0. The maximum absolute atomic E-state index is 10.7. The lowest BCUT2D eigenvalue weighted by atomic mass is 9.81. The monoisotopic (exact) mass is 256 g/mol. The summed E-state index contributed by atoms with van der Waals surface area (Å²) < 4.78 is 0. The van der Waals surface area contributed by atoms with Crippen LogP contribution in [0.4, 0.5) is 0 Å². The van der Waals surface area contributed by atoms with Gasteiger partial charge in [0.15, 0.2) is 0 Å². The number of hydrogen-bond acceptors (Lipinski definition) is 1. The van der Waals surface area contributed by atoms with E-state index >= 15 is 0 Å². The molecule has 0 aliphatic carbocycles. The molecule has 0 saturated carbocycles. The maximum Gasteiger partial charge on any atom is 0.303 e. The summed E-state index contributed by atoms with van der Waals surface area (Å²) in [5.41, 5.74) is 0. The second-order valence-corrected chi connectivity index (χ2v) is 5.47. The Morgan fingerprint density at radius 3 is 1.94 bits per heavy atom. The Hall–Kier alpha value is -0.530. The lowest BCUT2D eigenvalue weighted by Crippen LogP contribution is -2.15. The van der Waals surface area contributed by atoms with Crippen LogP contribution in [0, 0.1) is 11.8 Å². The highest BCUT2D eigenvalue weighted by atomic mass is 16.4. The number of rotatable bonds is 12. The molecule has 1 N–H and O–H groups in total. The lowest BCUT2D eigenvalue weighted by molar-refractivity contribution is -0.137. The summed E-state index contributed by atoms with van der Waals surface area (Å²) in [4.78, 5) is 10.7. The van der Waals surface area contributed by atoms with Crippen LogP contribution in [0.5, 0.6) is 0 Å². The first kappa shape index (κ1) is 17.5. The topological polar surface area (TPSA) is 37.3 Å². The third-order valence-electron chi connectivity index (χ3n) is 4.12. The number of carbonyl (C=O) groups is 1. The zero-order valence-electron chi connectivity index (χ0n) is 12.6. The molecule has 108 valence electrons. The maximum atomic E-state index is 10.7. The van der Waals surface area contributed by atoms with Gasteiger partial charge in [-0.3, -0.25) is 4.79 Å². The molecule has 0 aromatic heterocycles. The van der Waals surface area contributed by atoms with Gasteiger partial charge >= 0.3 is 5.97 Å². The van der Waals surface area contributed by atoms with Crippen LogP contribution in [0.15, 0.2) is 0 Å². The Bertz CT molecular complexity index is 201. The average Bonchev–Trinajstić information content (AvgIpc) is 2.36. The van der Waals surface area contributed by atoms with Gasteiger partial charge in [0, 0.05) is 6.42 Å². The summed E-state index contributed by atoms with van der Waals surface area (Å²) in [7, 11) is 0. The van der Waals surface area contributed by atoms with Crippen molar-refractivity contribution in [3.63, 3.8) is 0 Å². The molecule has 0 rings (SSSR count). The Kier molecular flexibility index (Phi) is 11.2. The van der Waals surface area contributed by atoms with Crippen molar-refractivity contribution >= 4 is 5.97 Å². The fraction of sp³-hybridized carbons (Fsp3) is 0.938. The molecule has 0 aromatic rings. The van der Waals surface area contributed by atoms with E-state index in [1.54, 1.807) is 0 Å². The van der Waals surface area contributed by atoms with Gasteiger partial charge in [0.25, 0.3) is 0 Å². The Morgan fingerprint density at radius 2 is 1.44 bits per heavy atom. The molecule has 0 radical (unpaired) electrons. The molecule has 0 aromatic carbocycles. The first-order valence-electron chi connectivity index (χ1n) is 7.87. The van der Waals surface area contributed by atoms with Crippen LogP contribution >= 0.6 is 0 Å². The number of aliphatic carboxylic acids is 1. The van der Waals surface area contributed by atoms with Crippen LogP contribution in [0.2, 0.25) is 0 Å². The van der Waals surface area contributed by atoms with Gasteiger partial charge in [-0.05, 0) is 18.3 Å². The van der Waals surface area contributed by atoms with E-state index in [0.29, 0.717) is 12.3 Å². The summed E-state index contributed by atoms with van der Waals surface area (Å²) in [5.74, 6) is 0.694. The molecule has 0 heterocycles. The molecular weight excluding hydrogens is 224 g/mol. The highest BCUT2D eigenvalue weighted by Gasteiger charge is 2.18. The quantitative estimate of drug-likeness (QED) is 0.483. The molecule has 18 heavy (non-hydrogen) atoms. The minimum Gasteiger partial charge on any atom is -0.481 e. The summed E-state index contributed by atoms with van der Waals surface area (Å²) in [5, 5.41) is 8.79. The van der Waals surface area contributed by atoms with Crippen molar-refractivity contribution in [2.24, 2.45) is 11.8 Å². The van der Waals surface area contributed by atoms with Crippen molar-refractivity contribution in [1.82, 2.24) is 0 Å². The fourth-order valence-corrected chi connectivity index (χ4v) is 2.87. The van der Waals surface area contributed by atoms with Gasteiger partial charge in [-0.15, -0.1) is 0 Å². The highest BCUT2D eigenvalue weighted by Crippen LogP contribution is 2.29. The third-order valence-corrected chi connectivity index (χ3v) is 4.12. The molecule has 0 aliphatic rings. The molecular formula is C16H32O2. The van der Waals surface area contributed by atoms with Gasteiger partial charge < -0.3 is 5.11 Å². The number of carboxylic acid groups (broad SMARTS) is 1. The normalized spacial score (nSPS) is 14.4. The van der Waals surface area contributed by atoms with Gasteiger partial charge in [-0.1, -0.05) is 72.1 Å². The fourth-order valence-electron chi connectivity index (χ4n) is 2.87. The van der Waals surface area contributed by atoms with Gasteiger partial charge in [-0.25, -0.2) is 0 Å². The number of unbranched alkanes of at least 4 members (excludes halogenated alkanes) is 4. The molecule has 0 bridgehead atoms. The number of hydrogen-bond donors (Lipinski definition) is 1. The third kappa shape index (κ3) is 8.54. The van der Waals surface area contributed by atoms with Crippen molar-refractivity contribution in [3.05, 3.63) is 0 Å². The first-order chi connectivity index (χ1) is 8.65. The van der Waals surface area contributed by atoms with E-state index in [0.717, 1.165) is 18.8 Å². The van der Waals surface area contributed by atoms with Crippen LogP contribution in [-0.4, -0.2) is 11.1 Å². The summed E-state index contributed by atoms with van der Waals surface area (Å²) in [6.07, 6.45) is 11.5. The molecule has 0 fully saturated rings. The van der Waals surface area contributed by atoms with Crippen LogP contribution in [0.1, 0.15) is 85.0 Å². The van der Waals surface area contributed by atoms with E-state index in [1.807, 2.05) is 0 Å². The Balaban J connectivity index is 3.90.